The normalized spacial score (nSPS) is 15.0. The molecule has 10 heteroatoms. The van der Waals surface area contributed by atoms with Crippen LogP contribution in [-0.4, -0.2) is 38.5 Å². The molecule has 0 amide bonds. The number of carboxylic acid groups (broad SMARTS) is 1. The van der Waals surface area contributed by atoms with Crippen LogP contribution in [0, 0.1) is 5.92 Å². The van der Waals surface area contributed by atoms with Gasteiger partial charge in [-0.15, -0.1) is 0 Å². The summed E-state index contributed by atoms with van der Waals surface area (Å²) >= 11 is 6.15. The summed E-state index contributed by atoms with van der Waals surface area (Å²) in [5.41, 5.74) is 0.577. The molecule has 2 aromatic rings. The van der Waals surface area contributed by atoms with Crippen molar-refractivity contribution in [1.29, 1.82) is 0 Å². The van der Waals surface area contributed by atoms with Gasteiger partial charge in [-0.05, 0) is 29.8 Å². The molecule has 1 aliphatic heterocycles. The number of hydrogen-bond donors (Lipinski definition) is 1. The Morgan fingerprint density at radius 1 is 1.23 bits per heavy atom. The quantitative estimate of drug-likeness (QED) is 0.690. The van der Waals surface area contributed by atoms with Crippen LogP contribution in [0.5, 0.6) is 5.75 Å². The second-order valence-corrected chi connectivity index (χ2v) is 9.26. The lowest BCUT2D eigenvalue weighted by atomic mass is 9.90. The lowest BCUT2D eigenvalue weighted by Crippen LogP contribution is -2.30. The molecule has 1 atom stereocenters. The summed E-state index contributed by atoms with van der Waals surface area (Å²) in [4.78, 5) is 10.9. The number of alkyl halides is 3. The van der Waals surface area contributed by atoms with Crippen molar-refractivity contribution >= 4 is 33.5 Å². The number of halogens is 4. The molecule has 3 rings (SSSR count). The van der Waals surface area contributed by atoms with Gasteiger partial charge < -0.3 is 9.84 Å². The molecule has 160 valence electrons. The molecule has 1 N–H and O–H groups in total. The van der Waals surface area contributed by atoms with E-state index < -0.39 is 40.9 Å². The van der Waals surface area contributed by atoms with Crippen molar-refractivity contribution in [2.24, 2.45) is 5.92 Å². The van der Waals surface area contributed by atoms with Crippen LogP contribution in [0.1, 0.15) is 12.0 Å². The van der Waals surface area contributed by atoms with Gasteiger partial charge in [0.15, 0.2) is 9.84 Å². The van der Waals surface area contributed by atoms with Gasteiger partial charge in [0, 0.05) is 28.0 Å². The first kappa shape index (κ1) is 22.2. The molecule has 0 aromatic heterocycles. The molecular weight excluding hydrogens is 445 g/mol. The Hall–Kier alpha value is -2.52. The van der Waals surface area contributed by atoms with Gasteiger partial charge in [0.1, 0.15) is 12.4 Å². The lowest BCUT2D eigenvalue weighted by molar-refractivity contribution is -0.174. The van der Waals surface area contributed by atoms with Crippen LogP contribution in [0.2, 0.25) is 5.02 Å². The van der Waals surface area contributed by atoms with E-state index in [1.165, 1.54) is 24.3 Å². The molecule has 1 heterocycles. The van der Waals surface area contributed by atoms with Gasteiger partial charge in [-0.2, -0.15) is 13.2 Å². The summed E-state index contributed by atoms with van der Waals surface area (Å²) in [6, 6.07) is 8.99. The predicted molar refractivity (Wildman–Crippen MR) is 105 cm³/mol. The van der Waals surface area contributed by atoms with E-state index in [4.69, 9.17) is 21.4 Å². The van der Waals surface area contributed by atoms with Crippen LogP contribution in [0.3, 0.4) is 0 Å². The smallest absolute Gasteiger partial charge is 0.396 e. The molecule has 2 aromatic carbocycles. The molecule has 30 heavy (non-hydrogen) atoms. The van der Waals surface area contributed by atoms with E-state index in [1.54, 1.807) is 18.2 Å². The Kier molecular flexibility index (Phi) is 5.88. The van der Waals surface area contributed by atoms with Crippen LogP contribution in [-0.2, 0) is 14.6 Å². The third-order valence-electron chi connectivity index (χ3n) is 4.60. The second kappa shape index (κ2) is 7.96. The number of aliphatic carboxylic acids is 1. The van der Waals surface area contributed by atoms with E-state index in [-0.39, 0.29) is 26.8 Å². The fourth-order valence-electron chi connectivity index (χ4n) is 3.33. The fraction of sp³-hybridized carbons (Fsp3) is 0.250. The topological polar surface area (TPSA) is 80.7 Å². The van der Waals surface area contributed by atoms with Gasteiger partial charge in [0.05, 0.1) is 17.2 Å². The molecule has 0 saturated heterocycles. The van der Waals surface area contributed by atoms with Crippen LogP contribution in [0.25, 0.3) is 17.2 Å². The largest absolute Gasteiger partial charge is 0.488 e. The molecule has 1 aliphatic rings. The number of rotatable bonds is 5. The summed E-state index contributed by atoms with van der Waals surface area (Å²) < 4.78 is 70.1. The number of carbonyl (C=O) groups is 1. The molecule has 0 fully saturated rings. The summed E-state index contributed by atoms with van der Waals surface area (Å²) in [5, 5.41) is 9.03. The van der Waals surface area contributed by atoms with Crippen molar-refractivity contribution in [3.63, 3.8) is 0 Å². The highest BCUT2D eigenvalue weighted by Gasteiger charge is 2.44. The van der Waals surface area contributed by atoms with Gasteiger partial charge in [-0.25, -0.2) is 8.42 Å². The minimum atomic E-state index is -4.77. The van der Waals surface area contributed by atoms with Crippen molar-refractivity contribution in [1.82, 2.24) is 0 Å². The van der Waals surface area contributed by atoms with Crippen molar-refractivity contribution in [3.8, 4) is 16.9 Å². The number of ether oxygens (including phenoxy) is 1. The van der Waals surface area contributed by atoms with Gasteiger partial charge in [-0.3, -0.25) is 4.79 Å². The summed E-state index contributed by atoms with van der Waals surface area (Å²) in [5.74, 6) is -3.62. The zero-order chi connectivity index (χ0) is 22.3. The Bertz CT molecular complexity index is 1140. The minimum absolute atomic E-state index is 0.0203. The van der Waals surface area contributed by atoms with Crippen LogP contribution in [0.4, 0.5) is 13.2 Å². The molecule has 0 aliphatic carbocycles. The van der Waals surface area contributed by atoms with E-state index in [9.17, 15) is 26.4 Å². The van der Waals surface area contributed by atoms with Crippen molar-refractivity contribution in [2.75, 3.05) is 12.9 Å². The Morgan fingerprint density at radius 2 is 1.90 bits per heavy atom. The number of benzene rings is 2. The summed E-state index contributed by atoms with van der Waals surface area (Å²) in [6.45, 7) is -0.486. The van der Waals surface area contributed by atoms with E-state index in [0.29, 0.717) is 11.1 Å². The fourth-order valence-corrected chi connectivity index (χ4v) is 4.46. The third kappa shape index (κ3) is 4.62. The van der Waals surface area contributed by atoms with Crippen molar-refractivity contribution in [2.45, 2.75) is 17.5 Å². The molecule has 0 saturated carbocycles. The highest BCUT2D eigenvalue weighted by Crippen LogP contribution is 2.44. The molecule has 1 unspecified atom stereocenters. The maximum absolute atomic E-state index is 13.4. The summed E-state index contributed by atoms with van der Waals surface area (Å²) in [7, 11) is -3.61. The van der Waals surface area contributed by atoms with E-state index in [0.717, 1.165) is 6.26 Å². The molecule has 0 bridgehead atoms. The molecule has 0 spiro atoms. The van der Waals surface area contributed by atoms with E-state index in [2.05, 4.69) is 0 Å². The van der Waals surface area contributed by atoms with Gasteiger partial charge in [0.25, 0.3) is 0 Å². The second-order valence-electron chi connectivity index (χ2n) is 6.84. The van der Waals surface area contributed by atoms with Crippen molar-refractivity contribution in [3.05, 3.63) is 52.6 Å². The Labute approximate surface area is 175 Å². The Balaban J connectivity index is 2.18. The molecule has 0 radical (unpaired) electrons. The molecular formula is C20H16ClF3O5S. The number of sulfone groups is 1. The Morgan fingerprint density at radius 3 is 2.50 bits per heavy atom. The van der Waals surface area contributed by atoms with Crippen LogP contribution >= 0.6 is 11.6 Å². The predicted octanol–water partition coefficient (Wildman–Crippen LogP) is 4.84. The standard InChI is InChI=1S/C20H16ClF3O5S/c1-30(27,28)17-5-3-2-4-14(17)15-8-13(21)7-11-6-12(10-29-19(11)15)16(9-18(25)26)20(22,23)24/h2-8,16H,9-10H2,1H3,(H,25,26). The third-order valence-corrected chi connectivity index (χ3v) is 5.98. The van der Waals surface area contributed by atoms with E-state index in [1.807, 2.05) is 0 Å². The maximum Gasteiger partial charge on any atom is 0.396 e. The average molecular weight is 461 g/mol. The van der Waals surface area contributed by atoms with Crippen LogP contribution in [0.15, 0.2) is 46.9 Å². The van der Waals surface area contributed by atoms with Gasteiger partial charge >= 0.3 is 12.1 Å². The highest BCUT2D eigenvalue weighted by atomic mass is 35.5. The number of fused-ring (bicyclic) bond motifs is 1. The minimum Gasteiger partial charge on any atom is -0.488 e. The van der Waals surface area contributed by atoms with Crippen LogP contribution < -0.4 is 4.74 Å². The zero-order valence-corrected chi connectivity index (χ0v) is 17.1. The zero-order valence-electron chi connectivity index (χ0n) is 15.5. The summed E-state index contributed by atoms with van der Waals surface area (Å²) in [6.07, 6.45) is -3.65. The highest BCUT2D eigenvalue weighted by molar-refractivity contribution is 7.90. The first-order valence-corrected chi connectivity index (χ1v) is 10.9. The first-order chi connectivity index (χ1) is 13.9. The molecule has 5 nitrogen and oxygen atoms in total. The number of hydrogen-bond acceptors (Lipinski definition) is 4. The monoisotopic (exact) mass is 460 g/mol. The number of carboxylic acids is 1. The SMILES string of the molecule is CS(=O)(=O)c1ccccc1-c1cc(Cl)cc2c1OCC(C(CC(=O)O)C(F)(F)F)=C2. The lowest BCUT2D eigenvalue weighted by Gasteiger charge is -2.27. The first-order valence-electron chi connectivity index (χ1n) is 8.62. The maximum atomic E-state index is 13.4. The van der Waals surface area contributed by atoms with Gasteiger partial charge in [-0.1, -0.05) is 29.8 Å². The van der Waals surface area contributed by atoms with Gasteiger partial charge in [0.2, 0.25) is 0 Å². The average Bonchev–Trinajstić information content (AvgIpc) is 2.63. The van der Waals surface area contributed by atoms with E-state index >= 15 is 0 Å². The van der Waals surface area contributed by atoms with Crippen molar-refractivity contribution < 1.29 is 36.2 Å².